The van der Waals surface area contributed by atoms with E-state index < -0.39 is 10.7 Å². The Morgan fingerprint density at radius 1 is 1.00 bits per heavy atom. The molecule has 0 unspecified atom stereocenters. The average molecular weight is 522 g/mol. The van der Waals surface area contributed by atoms with Gasteiger partial charge in [0.2, 0.25) is 0 Å². The third-order valence-electron chi connectivity index (χ3n) is 6.22. The van der Waals surface area contributed by atoms with E-state index in [-0.39, 0.29) is 11.7 Å². The first-order valence-corrected chi connectivity index (χ1v) is 13.4. The highest BCUT2D eigenvalue weighted by Gasteiger charge is 2.28. The molecule has 196 valence electrons. The number of unbranched alkanes of at least 4 members (excludes halogenated alkanes) is 3. The summed E-state index contributed by atoms with van der Waals surface area (Å²) in [5, 5.41) is 12.3. The Bertz CT molecular complexity index is 1260. The first-order chi connectivity index (χ1) is 17.5. The van der Waals surface area contributed by atoms with Gasteiger partial charge in [0.05, 0.1) is 0 Å². The van der Waals surface area contributed by atoms with E-state index in [1.165, 1.54) is 18.7 Å². The third-order valence-corrected chi connectivity index (χ3v) is 7.41. The van der Waals surface area contributed by atoms with Gasteiger partial charge in [0.1, 0.15) is 16.3 Å². The number of ketones is 1. The largest absolute Gasteiger partial charge is 0.480 e. The molecule has 0 aliphatic rings. The zero-order chi connectivity index (χ0) is 27.2. The zero-order valence-corrected chi connectivity index (χ0v) is 22.9. The highest BCUT2D eigenvalue weighted by atomic mass is 32.2. The van der Waals surface area contributed by atoms with Crippen LogP contribution in [0.25, 0.3) is 11.4 Å². The predicted molar refractivity (Wildman–Crippen MR) is 149 cm³/mol. The number of aliphatic carboxylic acids is 1. The number of nitrogens with one attached hydrogen (secondary N) is 1. The molecule has 0 saturated carbocycles. The van der Waals surface area contributed by atoms with Crippen LogP contribution in [0.3, 0.4) is 0 Å². The Hall–Kier alpha value is -3.39. The van der Waals surface area contributed by atoms with E-state index in [9.17, 15) is 19.5 Å². The van der Waals surface area contributed by atoms with E-state index >= 15 is 0 Å². The molecule has 0 atom stereocenters. The van der Waals surface area contributed by atoms with Gasteiger partial charge in [-0.2, -0.15) is 0 Å². The van der Waals surface area contributed by atoms with Crippen LogP contribution >= 0.6 is 11.8 Å². The summed E-state index contributed by atoms with van der Waals surface area (Å²) in [5.74, 6) is -0.500. The van der Waals surface area contributed by atoms with Crippen molar-refractivity contribution in [2.24, 2.45) is 0 Å². The lowest BCUT2D eigenvalue weighted by Crippen LogP contribution is -2.26. The molecule has 37 heavy (non-hydrogen) atoms. The molecule has 1 heterocycles. The first-order valence-electron chi connectivity index (χ1n) is 12.6. The number of aromatic nitrogens is 2. The molecule has 3 rings (SSSR count). The van der Waals surface area contributed by atoms with E-state index in [1.54, 1.807) is 38.1 Å². The molecule has 8 heteroatoms. The van der Waals surface area contributed by atoms with Crippen LogP contribution in [0.15, 0.2) is 53.4 Å². The summed E-state index contributed by atoms with van der Waals surface area (Å²) in [5.41, 5.74) is 3.18. The zero-order valence-electron chi connectivity index (χ0n) is 22.1. The number of anilines is 1. The molecule has 7 nitrogen and oxygen atoms in total. The number of amides is 1. The number of imidazole rings is 1. The number of carboxylic acid groups (broad SMARTS) is 1. The summed E-state index contributed by atoms with van der Waals surface area (Å²) in [6.07, 6.45) is 4.36. The molecule has 0 bridgehead atoms. The Morgan fingerprint density at radius 3 is 2.22 bits per heavy atom. The summed E-state index contributed by atoms with van der Waals surface area (Å²) >= 11 is 1.29. The Kier molecular flexibility index (Phi) is 9.32. The molecular formula is C29H35N3O4S. The van der Waals surface area contributed by atoms with Gasteiger partial charge in [0, 0.05) is 33.9 Å². The van der Waals surface area contributed by atoms with Crippen molar-refractivity contribution in [3.63, 3.8) is 0 Å². The first kappa shape index (κ1) is 28.2. The van der Waals surface area contributed by atoms with Crippen LogP contribution in [-0.2, 0) is 11.3 Å². The van der Waals surface area contributed by atoms with Crippen molar-refractivity contribution >= 4 is 35.1 Å². The summed E-state index contributed by atoms with van der Waals surface area (Å²) < 4.78 is 1.15. The number of hydrogen-bond acceptors (Lipinski definition) is 5. The summed E-state index contributed by atoms with van der Waals surface area (Å²) in [6, 6.07) is 14.4. The summed E-state index contributed by atoms with van der Waals surface area (Å²) in [6.45, 7) is 9.69. The maximum atomic E-state index is 13.2. The van der Waals surface area contributed by atoms with Gasteiger partial charge in [0.25, 0.3) is 5.91 Å². The Morgan fingerprint density at radius 2 is 1.65 bits per heavy atom. The Balaban J connectivity index is 1.89. The molecule has 0 spiro atoms. The number of rotatable bonds is 12. The van der Waals surface area contributed by atoms with Gasteiger partial charge >= 0.3 is 5.97 Å². The monoisotopic (exact) mass is 521 g/mol. The quantitative estimate of drug-likeness (QED) is 0.154. The number of carboxylic acids is 1. The minimum Gasteiger partial charge on any atom is -0.480 e. The van der Waals surface area contributed by atoms with Crippen LogP contribution in [0.5, 0.6) is 0 Å². The molecular weight excluding hydrogens is 486 g/mol. The second-order valence-electron chi connectivity index (χ2n) is 9.61. The molecule has 0 aliphatic heterocycles. The topological polar surface area (TPSA) is 101 Å². The lowest BCUT2D eigenvalue weighted by molar-refractivity contribution is -0.138. The highest BCUT2D eigenvalue weighted by molar-refractivity contribution is 8.01. The van der Waals surface area contributed by atoms with E-state index in [1.807, 2.05) is 31.2 Å². The number of Topliss-reactive ketones (excluding diaryl/α,β-unsaturated/α-hetero) is 1. The van der Waals surface area contributed by atoms with Gasteiger partial charge in [-0.1, -0.05) is 38.3 Å². The van der Waals surface area contributed by atoms with Crippen LogP contribution in [-0.4, -0.2) is 37.1 Å². The van der Waals surface area contributed by atoms with Crippen molar-refractivity contribution in [2.45, 2.75) is 76.5 Å². The predicted octanol–water partition coefficient (Wildman–Crippen LogP) is 6.85. The number of carbonyl (C=O) groups is 3. The van der Waals surface area contributed by atoms with Gasteiger partial charge in [-0.25, -0.2) is 4.98 Å². The van der Waals surface area contributed by atoms with Gasteiger partial charge in [-0.15, -0.1) is 11.8 Å². The van der Waals surface area contributed by atoms with E-state index in [4.69, 9.17) is 4.98 Å². The number of thioether (sulfide) groups is 1. The van der Waals surface area contributed by atoms with Gasteiger partial charge in [-0.3, -0.25) is 14.4 Å². The molecule has 0 aliphatic carbocycles. The van der Waals surface area contributed by atoms with Crippen molar-refractivity contribution in [1.82, 2.24) is 9.55 Å². The lowest BCUT2D eigenvalue weighted by atomic mass is 10.1. The molecule has 0 fully saturated rings. The van der Waals surface area contributed by atoms with Gasteiger partial charge < -0.3 is 15.0 Å². The molecule has 0 saturated heterocycles. The van der Waals surface area contributed by atoms with Gasteiger partial charge in [0.15, 0.2) is 5.78 Å². The van der Waals surface area contributed by atoms with Crippen LogP contribution in [0.1, 0.15) is 79.9 Å². The van der Waals surface area contributed by atoms with Crippen molar-refractivity contribution in [3.8, 4) is 11.4 Å². The van der Waals surface area contributed by atoms with Crippen molar-refractivity contribution in [1.29, 1.82) is 0 Å². The third kappa shape index (κ3) is 7.10. The minimum absolute atomic E-state index is 0.0314. The number of benzene rings is 2. The van der Waals surface area contributed by atoms with Crippen LogP contribution < -0.4 is 5.32 Å². The van der Waals surface area contributed by atoms with E-state index in [0.717, 1.165) is 48.4 Å². The van der Waals surface area contributed by atoms with Gasteiger partial charge in [-0.05, 0) is 70.5 Å². The average Bonchev–Trinajstić information content (AvgIpc) is 3.18. The van der Waals surface area contributed by atoms with E-state index in [2.05, 4.69) is 16.8 Å². The second kappa shape index (κ2) is 12.2. The van der Waals surface area contributed by atoms with Crippen molar-refractivity contribution in [3.05, 3.63) is 65.5 Å². The van der Waals surface area contributed by atoms with Crippen molar-refractivity contribution in [2.75, 3.05) is 5.32 Å². The highest BCUT2D eigenvalue weighted by Crippen LogP contribution is 2.34. The number of nitrogens with zero attached hydrogens (tertiary/aromatic N) is 2. The summed E-state index contributed by atoms with van der Waals surface area (Å²) in [7, 11) is 0. The number of hydrogen-bond donors (Lipinski definition) is 2. The second-order valence-corrected chi connectivity index (χ2v) is 11.3. The standard InChI is InChI=1S/C29H35N3O4S/c1-6-7-8-9-18-32-19(2)25(27(34)30-23-14-10-21(11-15-23)20(3)33)31-26(32)22-12-16-24(17-13-22)37-29(4,5)28(35)36/h10-17H,6-9,18H2,1-5H3,(H,30,34)(H,35,36). The van der Waals surface area contributed by atoms with Crippen LogP contribution in [0.2, 0.25) is 0 Å². The fourth-order valence-corrected chi connectivity index (χ4v) is 4.88. The fourth-order valence-electron chi connectivity index (χ4n) is 3.93. The molecule has 1 amide bonds. The van der Waals surface area contributed by atoms with Crippen LogP contribution in [0, 0.1) is 6.92 Å². The minimum atomic E-state index is -0.941. The molecule has 0 radical (unpaired) electrons. The van der Waals surface area contributed by atoms with Crippen molar-refractivity contribution < 1.29 is 19.5 Å². The normalized spacial score (nSPS) is 11.4. The molecule has 2 aromatic carbocycles. The fraction of sp³-hybridized carbons (Fsp3) is 0.379. The lowest BCUT2D eigenvalue weighted by Gasteiger charge is -2.18. The molecule has 1 aromatic heterocycles. The van der Waals surface area contributed by atoms with Crippen LogP contribution in [0.4, 0.5) is 5.69 Å². The smallest absolute Gasteiger partial charge is 0.319 e. The molecule has 2 N–H and O–H groups in total. The maximum Gasteiger partial charge on any atom is 0.319 e. The Labute approximate surface area is 222 Å². The van der Waals surface area contributed by atoms with E-state index in [0.29, 0.717) is 22.8 Å². The SMILES string of the molecule is CCCCCCn1c(-c2ccc(SC(C)(C)C(=O)O)cc2)nc(C(=O)Nc2ccc(C(C)=O)cc2)c1C. The maximum absolute atomic E-state index is 13.2. The summed E-state index contributed by atoms with van der Waals surface area (Å²) in [4.78, 5) is 41.8. The number of carbonyl (C=O) groups excluding carboxylic acids is 2. The molecule has 3 aromatic rings.